The molecular weight excluding hydrogens is 1330 g/mol. The molecule has 0 aromatic carbocycles. The first-order valence-electron chi connectivity index (χ1n) is 43.1. The number of hydrogen-bond acceptors (Lipinski definition) is 15. The van der Waals surface area contributed by atoms with E-state index >= 15 is 0 Å². The predicted molar refractivity (Wildman–Crippen MR) is 418 cm³/mol. The first-order chi connectivity index (χ1) is 49.5. The van der Waals surface area contributed by atoms with E-state index in [1.807, 2.05) is 0 Å². The van der Waals surface area contributed by atoms with E-state index in [1.54, 1.807) is 0 Å². The molecule has 0 heterocycles. The largest absolute Gasteiger partial charge is 0.472 e. The molecule has 17 nitrogen and oxygen atoms in total. The number of carbonyl (C=O) groups is 4. The number of aliphatic hydroxyl groups is 1. The zero-order valence-electron chi connectivity index (χ0n) is 66.8. The Morgan fingerprint density at radius 1 is 0.265 bits per heavy atom. The fourth-order valence-electron chi connectivity index (χ4n) is 12.9. The zero-order chi connectivity index (χ0) is 74.8. The van der Waals surface area contributed by atoms with Gasteiger partial charge in [0.1, 0.15) is 19.3 Å². The van der Waals surface area contributed by atoms with Gasteiger partial charge < -0.3 is 33.8 Å². The molecule has 0 spiro atoms. The number of phosphoric ester groups is 2. The van der Waals surface area contributed by atoms with Crippen LogP contribution in [0, 0.1) is 5.92 Å². The molecule has 0 bridgehead atoms. The molecule has 0 radical (unpaired) electrons. The highest BCUT2D eigenvalue weighted by Crippen LogP contribution is 2.45. The Morgan fingerprint density at radius 2 is 0.451 bits per heavy atom. The van der Waals surface area contributed by atoms with Crippen LogP contribution in [0.4, 0.5) is 0 Å². The normalized spacial score (nSPS) is 13.8. The van der Waals surface area contributed by atoms with Crippen molar-refractivity contribution in [2.45, 2.75) is 464 Å². The molecule has 0 saturated heterocycles. The Balaban J connectivity index is 5.15. The molecule has 0 aliphatic rings. The smallest absolute Gasteiger partial charge is 0.462 e. The van der Waals surface area contributed by atoms with E-state index in [9.17, 15) is 43.2 Å². The number of ether oxygens (including phenoxy) is 4. The molecule has 0 rings (SSSR count). The van der Waals surface area contributed by atoms with Crippen LogP contribution >= 0.6 is 15.6 Å². The van der Waals surface area contributed by atoms with Crippen molar-refractivity contribution in [2.75, 3.05) is 39.6 Å². The summed E-state index contributed by atoms with van der Waals surface area (Å²) in [5.41, 5.74) is 0. The quantitative estimate of drug-likeness (QED) is 0.0222. The summed E-state index contributed by atoms with van der Waals surface area (Å²) in [5, 5.41) is 10.6. The van der Waals surface area contributed by atoms with Crippen LogP contribution in [-0.2, 0) is 65.4 Å². The van der Waals surface area contributed by atoms with Crippen LogP contribution in [0.1, 0.15) is 446 Å². The van der Waals surface area contributed by atoms with E-state index in [1.165, 1.54) is 263 Å². The van der Waals surface area contributed by atoms with Crippen LogP contribution in [0.15, 0.2) is 0 Å². The average Bonchev–Trinajstić information content (AvgIpc) is 0.913. The predicted octanol–water partition coefficient (Wildman–Crippen LogP) is 25.2. The summed E-state index contributed by atoms with van der Waals surface area (Å²) in [6.07, 6.45) is 68.5. The zero-order valence-corrected chi connectivity index (χ0v) is 68.5. The van der Waals surface area contributed by atoms with Gasteiger partial charge in [0.15, 0.2) is 12.2 Å². The van der Waals surface area contributed by atoms with Gasteiger partial charge in [-0.3, -0.25) is 37.3 Å². The maximum atomic E-state index is 13.1. The molecule has 0 aliphatic heterocycles. The van der Waals surface area contributed by atoms with Crippen molar-refractivity contribution in [3.05, 3.63) is 0 Å². The molecule has 19 heteroatoms. The summed E-state index contributed by atoms with van der Waals surface area (Å²) in [6, 6.07) is 0. The molecule has 0 aromatic heterocycles. The van der Waals surface area contributed by atoms with Gasteiger partial charge in [-0.15, -0.1) is 0 Å². The average molecular weight is 1490 g/mol. The number of hydrogen-bond donors (Lipinski definition) is 3. The van der Waals surface area contributed by atoms with Crippen LogP contribution in [0.3, 0.4) is 0 Å². The van der Waals surface area contributed by atoms with E-state index < -0.39 is 97.5 Å². The van der Waals surface area contributed by atoms with E-state index in [0.29, 0.717) is 25.7 Å². The highest BCUT2D eigenvalue weighted by atomic mass is 31.2. The minimum absolute atomic E-state index is 0.105. The summed E-state index contributed by atoms with van der Waals surface area (Å²) in [6.45, 7) is 7.26. The first kappa shape index (κ1) is 100. The van der Waals surface area contributed by atoms with Gasteiger partial charge in [-0.1, -0.05) is 394 Å². The van der Waals surface area contributed by atoms with Crippen LogP contribution in [0.25, 0.3) is 0 Å². The maximum Gasteiger partial charge on any atom is 0.472 e. The van der Waals surface area contributed by atoms with E-state index in [4.69, 9.17) is 37.0 Å². The lowest BCUT2D eigenvalue weighted by atomic mass is 10.0. The van der Waals surface area contributed by atoms with Crippen LogP contribution < -0.4 is 0 Å². The SMILES string of the molecule is CCCCCCCCCCCCCCCCCCCCCCCCC(=O)O[C@H](COC(=O)CCCCCCCCCCCCCCCCCCCCCCC)COP(=O)(O)OC[C@@H](O)COP(=O)(O)OC[C@@H](COC(=O)CCCCCCCCCC)OC(=O)CCCCCCCCCCC(C)C. The Bertz CT molecular complexity index is 1940. The van der Waals surface area contributed by atoms with Crippen molar-refractivity contribution >= 4 is 39.5 Å². The van der Waals surface area contributed by atoms with Gasteiger partial charge in [-0.2, -0.15) is 0 Å². The van der Waals surface area contributed by atoms with E-state index in [2.05, 4.69) is 34.6 Å². The lowest BCUT2D eigenvalue weighted by molar-refractivity contribution is -0.161. The lowest BCUT2D eigenvalue weighted by Gasteiger charge is -2.21. The van der Waals surface area contributed by atoms with Crippen LogP contribution in [0.2, 0.25) is 0 Å². The van der Waals surface area contributed by atoms with Crippen LogP contribution in [0.5, 0.6) is 0 Å². The van der Waals surface area contributed by atoms with Crippen molar-refractivity contribution in [1.29, 1.82) is 0 Å². The summed E-state index contributed by atoms with van der Waals surface area (Å²) in [7, 11) is -9.91. The highest BCUT2D eigenvalue weighted by molar-refractivity contribution is 7.47. The highest BCUT2D eigenvalue weighted by Gasteiger charge is 2.30. The Kier molecular flexibility index (Phi) is 74.4. The van der Waals surface area contributed by atoms with E-state index in [-0.39, 0.29) is 25.7 Å². The molecule has 0 aromatic rings. The minimum atomic E-state index is -4.96. The number of esters is 4. The van der Waals surface area contributed by atoms with Crippen molar-refractivity contribution in [1.82, 2.24) is 0 Å². The van der Waals surface area contributed by atoms with Crippen LogP contribution in [-0.4, -0.2) is 96.7 Å². The van der Waals surface area contributed by atoms with E-state index in [0.717, 1.165) is 102 Å². The summed E-state index contributed by atoms with van der Waals surface area (Å²) in [4.78, 5) is 72.9. The topological polar surface area (TPSA) is 237 Å². The molecular formula is C83H162O17P2. The second kappa shape index (κ2) is 75.9. The Hall–Kier alpha value is -1.94. The minimum Gasteiger partial charge on any atom is -0.462 e. The molecule has 0 fully saturated rings. The van der Waals surface area contributed by atoms with Gasteiger partial charge in [-0.25, -0.2) is 9.13 Å². The third-order valence-corrected chi connectivity index (χ3v) is 21.4. The molecule has 102 heavy (non-hydrogen) atoms. The number of carbonyl (C=O) groups excluding carboxylic acids is 4. The maximum absolute atomic E-state index is 13.1. The van der Waals surface area contributed by atoms with Gasteiger partial charge in [-0.05, 0) is 31.6 Å². The third kappa shape index (κ3) is 76.3. The monoisotopic (exact) mass is 1490 g/mol. The van der Waals surface area contributed by atoms with Crippen molar-refractivity contribution in [3.8, 4) is 0 Å². The van der Waals surface area contributed by atoms with Gasteiger partial charge in [0.05, 0.1) is 26.4 Å². The van der Waals surface area contributed by atoms with Crippen molar-refractivity contribution < 1.29 is 80.2 Å². The number of phosphoric acid groups is 2. The Labute approximate surface area is 626 Å². The second-order valence-corrected chi connectivity index (χ2v) is 33.3. The van der Waals surface area contributed by atoms with Gasteiger partial charge in [0.2, 0.25) is 0 Å². The van der Waals surface area contributed by atoms with Crippen molar-refractivity contribution in [3.63, 3.8) is 0 Å². The van der Waals surface area contributed by atoms with Gasteiger partial charge >= 0.3 is 39.5 Å². The molecule has 3 N–H and O–H groups in total. The summed E-state index contributed by atoms with van der Waals surface area (Å²) >= 11 is 0. The molecule has 0 amide bonds. The van der Waals surface area contributed by atoms with Crippen molar-refractivity contribution in [2.24, 2.45) is 5.92 Å². The standard InChI is InChI=1S/C83H162O17P2/c1-6-9-12-15-18-21-23-25-27-29-31-33-35-37-39-41-43-45-47-53-58-63-68-82(87)99-79(73-94-81(86)67-62-57-52-46-44-42-40-38-36-34-32-30-28-26-24-22-19-16-13-10-7-2)75-98-102(91,92)96-71-77(84)70-95-101(89,90)97-74-78(72-93-80(85)66-61-56-51-20-17-14-11-8-3)100-83(88)69-64-59-54-49-48-50-55-60-65-76(4)5/h76-79,84H,6-75H2,1-5H3,(H,89,90)(H,91,92)/t77-,78+,79+/m0/s1. The summed E-state index contributed by atoms with van der Waals surface area (Å²) < 4.78 is 68.6. The third-order valence-electron chi connectivity index (χ3n) is 19.5. The molecule has 0 saturated carbocycles. The lowest BCUT2D eigenvalue weighted by Crippen LogP contribution is -2.30. The number of aliphatic hydroxyl groups excluding tert-OH is 1. The molecule has 5 atom stereocenters. The fraction of sp³-hybridized carbons (Fsp3) is 0.952. The Morgan fingerprint density at radius 3 is 0.667 bits per heavy atom. The number of unbranched alkanes of at least 4 members (excludes halogenated alkanes) is 55. The van der Waals surface area contributed by atoms with Gasteiger partial charge in [0, 0.05) is 25.7 Å². The molecule has 606 valence electrons. The molecule has 2 unspecified atom stereocenters. The summed E-state index contributed by atoms with van der Waals surface area (Å²) in [5.74, 6) is -1.39. The van der Waals surface area contributed by atoms with Gasteiger partial charge in [0.25, 0.3) is 0 Å². The first-order valence-corrected chi connectivity index (χ1v) is 46.1. The molecule has 0 aliphatic carbocycles. The second-order valence-electron chi connectivity index (χ2n) is 30.3. The number of rotatable bonds is 83. The fourth-order valence-corrected chi connectivity index (χ4v) is 14.5.